The number of rotatable bonds is 4. The van der Waals surface area contributed by atoms with Crippen LogP contribution in [0.25, 0.3) is 0 Å². The highest BCUT2D eigenvalue weighted by atomic mass is 16.3. The van der Waals surface area contributed by atoms with Crippen LogP contribution in [0.3, 0.4) is 0 Å². The minimum absolute atomic E-state index is 0.158. The van der Waals surface area contributed by atoms with Crippen molar-refractivity contribution < 1.29 is 5.11 Å². The zero-order valence-corrected chi connectivity index (χ0v) is 8.21. The molecule has 2 N–H and O–H groups in total. The van der Waals surface area contributed by atoms with E-state index in [2.05, 4.69) is 12.2 Å². The molecule has 3 atom stereocenters. The average molecular weight is 171 g/mol. The molecule has 1 aliphatic rings. The van der Waals surface area contributed by atoms with Crippen LogP contribution in [0.5, 0.6) is 0 Å². The highest BCUT2D eigenvalue weighted by Crippen LogP contribution is 2.24. The Hall–Kier alpha value is -0.0800. The van der Waals surface area contributed by atoms with Crippen molar-refractivity contribution in [3.8, 4) is 0 Å². The Balaban J connectivity index is 2.06. The van der Waals surface area contributed by atoms with Crippen molar-refractivity contribution in [2.45, 2.75) is 51.7 Å². The van der Waals surface area contributed by atoms with Gasteiger partial charge in [0, 0.05) is 6.04 Å². The van der Waals surface area contributed by atoms with Gasteiger partial charge in [0.1, 0.15) is 0 Å². The van der Waals surface area contributed by atoms with Gasteiger partial charge in [0.05, 0.1) is 6.10 Å². The molecule has 0 spiro atoms. The number of aliphatic hydroxyl groups is 1. The molecule has 1 aliphatic carbocycles. The fourth-order valence-corrected chi connectivity index (χ4v) is 1.93. The third-order valence-corrected chi connectivity index (χ3v) is 2.83. The monoisotopic (exact) mass is 171 g/mol. The van der Waals surface area contributed by atoms with Gasteiger partial charge < -0.3 is 10.4 Å². The predicted molar refractivity (Wildman–Crippen MR) is 51.1 cm³/mol. The van der Waals surface area contributed by atoms with Gasteiger partial charge in [-0.25, -0.2) is 0 Å². The molecule has 0 radical (unpaired) electrons. The summed E-state index contributed by atoms with van der Waals surface area (Å²) in [6.45, 7) is 5.12. The van der Waals surface area contributed by atoms with E-state index in [1.165, 1.54) is 19.3 Å². The lowest BCUT2D eigenvalue weighted by molar-refractivity contribution is 0.181. The lowest BCUT2D eigenvalue weighted by atomic mass is 10.1. The smallest absolute Gasteiger partial charge is 0.0524 e. The Labute approximate surface area is 75.4 Å². The zero-order valence-electron chi connectivity index (χ0n) is 8.21. The molecule has 0 aromatic carbocycles. The van der Waals surface area contributed by atoms with Gasteiger partial charge in [-0.2, -0.15) is 0 Å². The van der Waals surface area contributed by atoms with Gasteiger partial charge in [-0.15, -0.1) is 0 Å². The van der Waals surface area contributed by atoms with Crippen LogP contribution in [0, 0.1) is 5.92 Å². The second-order valence-electron chi connectivity index (χ2n) is 4.11. The first-order valence-corrected chi connectivity index (χ1v) is 5.11. The summed E-state index contributed by atoms with van der Waals surface area (Å²) in [5.41, 5.74) is 0. The first-order chi connectivity index (χ1) is 5.70. The average Bonchev–Trinajstić information content (AvgIpc) is 2.36. The van der Waals surface area contributed by atoms with Crippen molar-refractivity contribution in [2.24, 2.45) is 5.92 Å². The number of hydrogen-bond acceptors (Lipinski definition) is 2. The Kier molecular flexibility index (Phi) is 4.02. The SMILES string of the molecule is C[C@@H](O)CCN[C@@H]1CCC[C@@H]1C. The summed E-state index contributed by atoms with van der Waals surface area (Å²) < 4.78 is 0. The molecule has 0 amide bonds. The summed E-state index contributed by atoms with van der Waals surface area (Å²) in [7, 11) is 0. The first-order valence-electron chi connectivity index (χ1n) is 5.11. The van der Waals surface area contributed by atoms with E-state index >= 15 is 0 Å². The Morgan fingerprint density at radius 2 is 2.25 bits per heavy atom. The fraction of sp³-hybridized carbons (Fsp3) is 1.00. The maximum atomic E-state index is 9.05. The summed E-state index contributed by atoms with van der Waals surface area (Å²) >= 11 is 0. The molecule has 0 aliphatic heterocycles. The minimum atomic E-state index is -0.158. The quantitative estimate of drug-likeness (QED) is 0.672. The van der Waals surface area contributed by atoms with E-state index in [0.717, 1.165) is 18.9 Å². The molecule has 0 saturated heterocycles. The Morgan fingerprint density at radius 3 is 2.75 bits per heavy atom. The summed E-state index contributed by atoms with van der Waals surface area (Å²) in [6, 6.07) is 0.712. The van der Waals surface area contributed by atoms with Crippen LogP contribution in [0.4, 0.5) is 0 Å². The van der Waals surface area contributed by atoms with Gasteiger partial charge in [0.25, 0.3) is 0 Å². The number of hydrogen-bond donors (Lipinski definition) is 2. The molecule has 2 nitrogen and oxygen atoms in total. The van der Waals surface area contributed by atoms with E-state index in [0.29, 0.717) is 6.04 Å². The lowest BCUT2D eigenvalue weighted by Crippen LogP contribution is -2.32. The standard InChI is InChI=1S/C10H21NO/c1-8-4-3-5-10(8)11-7-6-9(2)12/h8-12H,3-7H2,1-2H3/t8-,9+,10+/m0/s1. The van der Waals surface area contributed by atoms with Crippen molar-refractivity contribution in [2.75, 3.05) is 6.54 Å². The van der Waals surface area contributed by atoms with E-state index in [1.54, 1.807) is 0 Å². The van der Waals surface area contributed by atoms with E-state index in [4.69, 9.17) is 5.11 Å². The second-order valence-corrected chi connectivity index (χ2v) is 4.11. The van der Waals surface area contributed by atoms with Crippen molar-refractivity contribution in [1.29, 1.82) is 0 Å². The van der Waals surface area contributed by atoms with E-state index in [-0.39, 0.29) is 6.10 Å². The van der Waals surface area contributed by atoms with Gasteiger partial charge in [-0.1, -0.05) is 13.3 Å². The van der Waals surface area contributed by atoms with E-state index < -0.39 is 0 Å². The molecule has 0 heterocycles. The highest BCUT2D eigenvalue weighted by Gasteiger charge is 2.22. The van der Waals surface area contributed by atoms with Crippen molar-refractivity contribution in [3.05, 3.63) is 0 Å². The maximum absolute atomic E-state index is 9.05. The molecule has 1 rings (SSSR count). The topological polar surface area (TPSA) is 32.3 Å². The zero-order chi connectivity index (χ0) is 8.97. The van der Waals surface area contributed by atoms with E-state index in [9.17, 15) is 0 Å². The van der Waals surface area contributed by atoms with Crippen molar-refractivity contribution >= 4 is 0 Å². The molecule has 12 heavy (non-hydrogen) atoms. The Bertz CT molecular complexity index is 125. The molecule has 0 aromatic rings. The molecule has 72 valence electrons. The van der Waals surface area contributed by atoms with Crippen molar-refractivity contribution in [1.82, 2.24) is 5.32 Å². The third-order valence-electron chi connectivity index (χ3n) is 2.83. The summed E-state index contributed by atoms with van der Waals surface area (Å²) in [4.78, 5) is 0. The van der Waals surface area contributed by atoms with Crippen LogP contribution in [0.2, 0.25) is 0 Å². The van der Waals surface area contributed by atoms with Crippen LogP contribution in [-0.4, -0.2) is 23.8 Å². The molecule has 0 bridgehead atoms. The predicted octanol–water partition coefficient (Wildman–Crippen LogP) is 1.54. The minimum Gasteiger partial charge on any atom is -0.393 e. The largest absolute Gasteiger partial charge is 0.393 e. The molecule has 2 heteroatoms. The molecule has 0 aromatic heterocycles. The molecular weight excluding hydrogens is 150 g/mol. The lowest BCUT2D eigenvalue weighted by Gasteiger charge is -2.17. The fourth-order valence-electron chi connectivity index (χ4n) is 1.93. The highest BCUT2D eigenvalue weighted by molar-refractivity contribution is 4.79. The van der Waals surface area contributed by atoms with Gasteiger partial charge in [-0.05, 0) is 38.6 Å². The van der Waals surface area contributed by atoms with Gasteiger partial charge in [0.2, 0.25) is 0 Å². The summed E-state index contributed by atoms with van der Waals surface area (Å²) in [5, 5.41) is 12.6. The number of aliphatic hydroxyl groups excluding tert-OH is 1. The third kappa shape index (κ3) is 3.11. The van der Waals surface area contributed by atoms with Gasteiger partial charge in [-0.3, -0.25) is 0 Å². The van der Waals surface area contributed by atoms with Gasteiger partial charge in [0.15, 0.2) is 0 Å². The first kappa shape index (κ1) is 10.0. The molecule has 1 saturated carbocycles. The van der Waals surface area contributed by atoms with Crippen LogP contribution < -0.4 is 5.32 Å². The van der Waals surface area contributed by atoms with Crippen LogP contribution in [0.15, 0.2) is 0 Å². The summed E-state index contributed by atoms with van der Waals surface area (Å²) in [6.07, 6.45) is 4.78. The number of nitrogens with one attached hydrogen (secondary N) is 1. The van der Waals surface area contributed by atoms with Crippen LogP contribution >= 0.6 is 0 Å². The summed E-state index contributed by atoms with van der Waals surface area (Å²) in [5.74, 6) is 0.832. The van der Waals surface area contributed by atoms with Crippen LogP contribution in [0.1, 0.15) is 39.5 Å². The second kappa shape index (κ2) is 4.83. The molecular formula is C10H21NO. The Morgan fingerprint density at radius 1 is 1.50 bits per heavy atom. The van der Waals surface area contributed by atoms with Crippen LogP contribution in [-0.2, 0) is 0 Å². The van der Waals surface area contributed by atoms with Crippen molar-refractivity contribution in [3.63, 3.8) is 0 Å². The van der Waals surface area contributed by atoms with Gasteiger partial charge >= 0.3 is 0 Å². The molecule has 0 unspecified atom stereocenters. The molecule has 1 fully saturated rings. The maximum Gasteiger partial charge on any atom is 0.0524 e. The normalized spacial score (nSPS) is 32.2. The van der Waals surface area contributed by atoms with E-state index in [1.807, 2.05) is 6.92 Å².